The molecule has 1 fully saturated rings. The van der Waals surface area contributed by atoms with Crippen LogP contribution in [0.3, 0.4) is 0 Å². The van der Waals surface area contributed by atoms with E-state index in [-0.39, 0.29) is 18.1 Å². The molecule has 10 nitrogen and oxygen atoms in total. The highest BCUT2D eigenvalue weighted by molar-refractivity contribution is 5.48. The monoisotopic (exact) mass is 346 g/mol. The minimum absolute atomic E-state index is 0.235. The van der Waals surface area contributed by atoms with Gasteiger partial charge in [0, 0.05) is 39.3 Å². The van der Waals surface area contributed by atoms with E-state index in [1.807, 2.05) is 25.1 Å². The minimum Gasteiger partial charge on any atom is -0.467 e. The van der Waals surface area contributed by atoms with Gasteiger partial charge in [0.2, 0.25) is 5.95 Å². The van der Waals surface area contributed by atoms with Gasteiger partial charge in [0.05, 0.1) is 14.2 Å². The number of rotatable bonds is 6. The highest BCUT2D eigenvalue weighted by Gasteiger charge is 2.26. The number of hydrogen-bond acceptors (Lipinski definition) is 10. The van der Waals surface area contributed by atoms with Crippen LogP contribution in [0.4, 0.5) is 17.6 Å². The van der Waals surface area contributed by atoms with Crippen LogP contribution in [0.1, 0.15) is 6.42 Å². The molecule has 3 heterocycles. The van der Waals surface area contributed by atoms with E-state index in [0.717, 1.165) is 31.1 Å². The maximum atomic E-state index is 5.11. The number of anilines is 3. The van der Waals surface area contributed by atoms with E-state index in [2.05, 4.69) is 35.1 Å². The van der Waals surface area contributed by atoms with Gasteiger partial charge in [-0.2, -0.15) is 9.97 Å². The van der Waals surface area contributed by atoms with Crippen molar-refractivity contribution in [3.05, 3.63) is 12.4 Å². The lowest BCUT2D eigenvalue weighted by Gasteiger charge is -2.18. The zero-order chi connectivity index (χ0) is 17.8. The van der Waals surface area contributed by atoms with Crippen molar-refractivity contribution in [3.63, 3.8) is 0 Å². The SMILES string of the molecule is COc1nc(OC)nc(N2CCC(Nc3cc(N(C)C)ncn3)C2)n1. The van der Waals surface area contributed by atoms with Crippen LogP contribution in [0.25, 0.3) is 0 Å². The Hall–Kier alpha value is -2.91. The van der Waals surface area contributed by atoms with Crippen LogP contribution >= 0.6 is 0 Å². The number of nitrogens with zero attached hydrogens (tertiary/aromatic N) is 7. The van der Waals surface area contributed by atoms with Crippen LogP contribution in [0.2, 0.25) is 0 Å². The lowest BCUT2D eigenvalue weighted by atomic mass is 10.2. The molecule has 1 saturated heterocycles. The summed E-state index contributed by atoms with van der Waals surface area (Å²) in [5, 5.41) is 3.44. The molecule has 0 amide bonds. The molecule has 0 spiro atoms. The zero-order valence-corrected chi connectivity index (χ0v) is 14.8. The van der Waals surface area contributed by atoms with Crippen molar-refractivity contribution in [3.8, 4) is 12.0 Å². The molecule has 0 aromatic carbocycles. The third-order valence-corrected chi connectivity index (χ3v) is 3.88. The Morgan fingerprint density at radius 3 is 2.48 bits per heavy atom. The third-order valence-electron chi connectivity index (χ3n) is 3.88. The third kappa shape index (κ3) is 3.95. The standard InChI is InChI=1S/C15H22N8O2/c1-22(2)12-7-11(16-9-17-12)18-10-5-6-23(8-10)13-19-14(24-3)21-15(20-13)25-4/h7,9-10H,5-6,8H2,1-4H3,(H,16,17,18). The van der Waals surface area contributed by atoms with Crippen LogP contribution in [0, 0.1) is 0 Å². The van der Waals surface area contributed by atoms with Crippen LogP contribution in [-0.2, 0) is 0 Å². The van der Waals surface area contributed by atoms with E-state index in [9.17, 15) is 0 Å². The molecular formula is C15H22N8O2. The summed E-state index contributed by atoms with van der Waals surface area (Å²) in [5.41, 5.74) is 0. The second-order valence-electron chi connectivity index (χ2n) is 5.84. The Labute approximate surface area is 146 Å². The summed E-state index contributed by atoms with van der Waals surface area (Å²) in [5.74, 6) is 2.21. The van der Waals surface area contributed by atoms with Gasteiger partial charge < -0.3 is 24.6 Å². The fraction of sp³-hybridized carbons (Fsp3) is 0.533. The Balaban J connectivity index is 1.69. The first kappa shape index (κ1) is 16.9. The fourth-order valence-corrected chi connectivity index (χ4v) is 2.59. The van der Waals surface area contributed by atoms with Crippen molar-refractivity contribution >= 4 is 17.6 Å². The quantitative estimate of drug-likeness (QED) is 0.792. The van der Waals surface area contributed by atoms with Crippen LogP contribution < -0.4 is 24.6 Å². The maximum Gasteiger partial charge on any atom is 0.324 e. The van der Waals surface area contributed by atoms with Crippen LogP contribution in [0.15, 0.2) is 12.4 Å². The van der Waals surface area contributed by atoms with Gasteiger partial charge in [-0.1, -0.05) is 0 Å². The molecule has 3 rings (SSSR count). The summed E-state index contributed by atoms with van der Waals surface area (Å²) in [6, 6.07) is 2.64. The van der Waals surface area contributed by atoms with Gasteiger partial charge in [-0.15, -0.1) is 4.98 Å². The summed E-state index contributed by atoms with van der Waals surface area (Å²) in [6.45, 7) is 1.57. The minimum atomic E-state index is 0.235. The van der Waals surface area contributed by atoms with Crippen molar-refractivity contribution in [2.24, 2.45) is 0 Å². The molecule has 1 unspecified atom stereocenters. The zero-order valence-electron chi connectivity index (χ0n) is 14.8. The van der Waals surface area contributed by atoms with E-state index < -0.39 is 0 Å². The molecule has 2 aromatic heterocycles. The molecule has 0 saturated carbocycles. The first-order valence-electron chi connectivity index (χ1n) is 7.94. The number of hydrogen-bond donors (Lipinski definition) is 1. The number of aromatic nitrogens is 5. The van der Waals surface area contributed by atoms with Crippen LogP contribution in [0.5, 0.6) is 12.0 Å². The molecule has 1 atom stereocenters. The molecule has 134 valence electrons. The Kier molecular flexibility index (Phi) is 4.96. The molecule has 1 aliphatic rings. The molecule has 25 heavy (non-hydrogen) atoms. The van der Waals surface area contributed by atoms with Crippen molar-refractivity contribution in [1.29, 1.82) is 0 Å². The molecule has 1 N–H and O–H groups in total. The number of nitrogens with one attached hydrogen (secondary N) is 1. The van der Waals surface area contributed by atoms with E-state index >= 15 is 0 Å². The second kappa shape index (κ2) is 7.32. The second-order valence-corrected chi connectivity index (χ2v) is 5.84. The van der Waals surface area contributed by atoms with Crippen molar-refractivity contribution in [2.45, 2.75) is 12.5 Å². The highest BCUT2D eigenvalue weighted by Crippen LogP contribution is 2.22. The lowest BCUT2D eigenvalue weighted by Crippen LogP contribution is -2.28. The summed E-state index contributed by atoms with van der Waals surface area (Å²) in [6.07, 6.45) is 2.50. The van der Waals surface area contributed by atoms with Crippen molar-refractivity contribution < 1.29 is 9.47 Å². The van der Waals surface area contributed by atoms with E-state index in [1.54, 1.807) is 6.33 Å². The van der Waals surface area contributed by atoms with E-state index in [1.165, 1.54) is 14.2 Å². The predicted octanol–water partition coefficient (Wildman–Crippen LogP) is 0.436. The average molecular weight is 346 g/mol. The van der Waals surface area contributed by atoms with Gasteiger partial charge in [0.15, 0.2) is 0 Å². The molecule has 1 aliphatic heterocycles. The fourth-order valence-electron chi connectivity index (χ4n) is 2.59. The van der Waals surface area contributed by atoms with Gasteiger partial charge in [-0.05, 0) is 6.42 Å². The maximum absolute atomic E-state index is 5.11. The molecule has 2 aromatic rings. The van der Waals surface area contributed by atoms with Gasteiger partial charge >= 0.3 is 12.0 Å². The summed E-state index contributed by atoms with van der Waals surface area (Å²) < 4.78 is 10.2. The lowest BCUT2D eigenvalue weighted by molar-refractivity contribution is 0.340. The summed E-state index contributed by atoms with van der Waals surface area (Å²) >= 11 is 0. The summed E-state index contributed by atoms with van der Waals surface area (Å²) in [4.78, 5) is 25.2. The molecule has 0 aliphatic carbocycles. The average Bonchev–Trinajstić information content (AvgIpc) is 3.10. The van der Waals surface area contributed by atoms with E-state index in [0.29, 0.717) is 5.95 Å². The number of methoxy groups -OCH3 is 2. The Bertz CT molecular complexity index is 704. The topological polar surface area (TPSA) is 101 Å². The van der Waals surface area contributed by atoms with Gasteiger partial charge in [-0.3, -0.25) is 0 Å². The summed E-state index contributed by atoms with van der Waals surface area (Å²) in [7, 11) is 6.94. The Morgan fingerprint density at radius 2 is 1.84 bits per heavy atom. The largest absolute Gasteiger partial charge is 0.467 e. The molecule has 0 bridgehead atoms. The first-order chi connectivity index (χ1) is 12.1. The molecule has 0 radical (unpaired) electrons. The van der Waals surface area contributed by atoms with Crippen LogP contribution in [-0.4, -0.2) is 72.4 Å². The van der Waals surface area contributed by atoms with Gasteiger partial charge in [0.1, 0.15) is 18.0 Å². The predicted molar refractivity (Wildman–Crippen MR) is 93.5 cm³/mol. The van der Waals surface area contributed by atoms with Gasteiger partial charge in [0.25, 0.3) is 0 Å². The smallest absolute Gasteiger partial charge is 0.324 e. The van der Waals surface area contributed by atoms with Gasteiger partial charge in [-0.25, -0.2) is 9.97 Å². The van der Waals surface area contributed by atoms with E-state index in [4.69, 9.17) is 9.47 Å². The first-order valence-corrected chi connectivity index (χ1v) is 7.94. The van der Waals surface area contributed by atoms with Crippen molar-refractivity contribution in [2.75, 3.05) is 56.5 Å². The Morgan fingerprint density at radius 1 is 1.12 bits per heavy atom. The highest BCUT2D eigenvalue weighted by atomic mass is 16.5. The van der Waals surface area contributed by atoms with Crippen molar-refractivity contribution in [1.82, 2.24) is 24.9 Å². The molecular weight excluding hydrogens is 324 g/mol. The molecule has 10 heteroatoms. The number of ether oxygens (including phenoxy) is 2. The normalized spacial score (nSPS) is 16.6.